The summed E-state index contributed by atoms with van der Waals surface area (Å²) in [4.78, 5) is 10.1. The van der Waals surface area contributed by atoms with E-state index in [4.69, 9.17) is 0 Å². The molecule has 0 atom stereocenters. The Morgan fingerprint density at radius 2 is 2.43 bits per heavy atom. The van der Waals surface area contributed by atoms with Gasteiger partial charge in [-0.25, -0.2) is 0 Å². The number of carbonyl (C=O) groups is 1. The van der Waals surface area contributed by atoms with Gasteiger partial charge < -0.3 is 4.65 Å². The van der Waals surface area contributed by atoms with Crippen LogP contribution in [-0.2, 0) is 9.45 Å². The van der Waals surface area contributed by atoms with Crippen LogP contribution in [0.5, 0.6) is 0 Å². The number of carbonyl (C=O) groups excluding carboxylic acids is 1. The lowest BCUT2D eigenvalue weighted by atomic mass is 10.1. The van der Waals surface area contributed by atoms with Crippen molar-refractivity contribution in [3.8, 4) is 0 Å². The maximum atomic E-state index is 10.1. The van der Waals surface area contributed by atoms with Crippen LogP contribution >= 0.6 is 0 Å². The fourth-order valence-corrected chi connectivity index (χ4v) is 0.201. The van der Waals surface area contributed by atoms with Gasteiger partial charge >= 0.3 is 0 Å². The third-order valence-corrected chi connectivity index (χ3v) is 0.453. The molecule has 2 nitrogen and oxygen atoms in total. The SMILES string of the molecule is C[B]OCC(C)=O. The quantitative estimate of drug-likeness (QED) is 0.474. The van der Waals surface area contributed by atoms with Crippen molar-refractivity contribution in [1.82, 2.24) is 0 Å². The van der Waals surface area contributed by atoms with E-state index in [0.717, 1.165) is 0 Å². The Bertz CT molecular complexity index is 62.7. The van der Waals surface area contributed by atoms with Crippen LogP contribution in [0.4, 0.5) is 0 Å². The molecule has 0 heterocycles. The van der Waals surface area contributed by atoms with Crippen molar-refractivity contribution in [2.75, 3.05) is 6.61 Å². The van der Waals surface area contributed by atoms with Crippen molar-refractivity contribution in [3.63, 3.8) is 0 Å². The molecule has 7 heavy (non-hydrogen) atoms. The van der Waals surface area contributed by atoms with Crippen LogP contribution < -0.4 is 0 Å². The Hall–Kier alpha value is -0.305. The molecule has 0 aromatic heterocycles. The highest BCUT2D eigenvalue weighted by Gasteiger charge is 1.87. The van der Waals surface area contributed by atoms with Gasteiger partial charge in [-0.15, -0.1) is 0 Å². The Balaban J connectivity index is 2.82. The zero-order chi connectivity index (χ0) is 5.70. The van der Waals surface area contributed by atoms with Gasteiger partial charge in [0.1, 0.15) is 0 Å². The van der Waals surface area contributed by atoms with Gasteiger partial charge in [-0.05, 0) is 6.92 Å². The first-order chi connectivity index (χ1) is 3.27. The maximum Gasteiger partial charge on any atom is 0.289 e. The maximum absolute atomic E-state index is 10.1. The van der Waals surface area contributed by atoms with Gasteiger partial charge in [0, 0.05) is 0 Å². The van der Waals surface area contributed by atoms with E-state index in [-0.39, 0.29) is 12.4 Å². The molecule has 0 fully saturated rings. The molecule has 0 aromatic rings. The third-order valence-electron chi connectivity index (χ3n) is 0.453. The average molecular weight is 98.9 g/mol. The normalized spacial score (nSPS) is 8.29. The minimum atomic E-state index is 0.0538. The minimum Gasteiger partial charge on any atom is -0.434 e. The van der Waals surface area contributed by atoms with Gasteiger partial charge in [0.2, 0.25) is 0 Å². The molecular weight excluding hydrogens is 90.9 g/mol. The van der Waals surface area contributed by atoms with Crippen LogP contribution in [0.15, 0.2) is 0 Å². The van der Waals surface area contributed by atoms with Crippen LogP contribution in [0.3, 0.4) is 0 Å². The zero-order valence-corrected chi connectivity index (χ0v) is 4.60. The lowest BCUT2D eigenvalue weighted by Gasteiger charge is -1.90. The molecule has 0 saturated carbocycles. The highest BCUT2D eigenvalue weighted by molar-refractivity contribution is 6.25. The van der Waals surface area contributed by atoms with Crippen molar-refractivity contribution >= 4 is 13.3 Å². The van der Waals surface area contributed by atoms with Crippen molar-refractivity contribution in [1.29, 1.82) is 0 Å². The zero-order valence-electron chi connectivity index (χ0n) is 4.60. The molecule has 0 rings (SSSR count). The average Bonchev–Trinajstić information content (AvgIpc) is 1.61. The molecule has 0 aromatic carbocycles. The monoisotopic (exact) mass is 99.1 g/mol. The summed E-state index contributed by atoms with van der Waals surface area (Å²) in [7, 11) is 1.50. The Morgan fingerprint density at radius 3 is 2.57 bits per heavy atom. The molecule has 3 heteroatoms. The molecule has 0 bridgehead atoms. The van der Waals surface area contributed by atoms with Gasteiger partial charge in [0.15, 0.2) is 5.78 Å². The number of hydrogen-bond acceptors (Lipinski definition) is 2. The van der Waals surface area contributed by atoms with E-state index < -0.39 is 0 Å². The van der Waals surface area contributed by atoms with Gasteiger partial charge in [-0.1, -0.05) is 6.82 Å². The number of hydrogen-bond donors (Lipinski definition) is 0. The lowest BCUT2D eigenvalue weighted by Crippen LogP contribution is -2.04. The molecule has 0 amide bonds. The first kappa shape index (κ1) is 6.69. The van der Waals surface area contributed by atoms with E-state index in [2.05, 4.69) is 4.65 Å². The smallest absolute Gasteiger partial charge is 0.289 e. The predicted molar refractivity (Wildman–Crippen MR) is 28.3 cm³/mol. The number of rotatable bonds is 3. The third kappa shape index (κ3) is 5.69. The van der Waals surface area contributed by atoms with E-state index in [9.17, 15) is 4.79 Å². The fraction of sp³-hybridized carbons (Fsp3) is 0.750. The molecule has 39 valence electrons. The first-order valence-electron chi connectivity index (χ1n) is 2.16. The summed E-state index contributed by atoms with van der Waals surface area (Å²) in [5.74, 6) is 0.0538. The Kier molecular flexibility index (Phi) is 3.70. The second kappa shape index (κ2) is 3.87. The van der Waals surface area contributed by atoms with Crippen LogP contribution in [0.2, 0.25) is 6.82 Å². The van der Waals surface area contributed by atoms with Crippen molar-refractivity contribution in [2.45, 2.75) is 13.7 Å². The largest absolute Gasteiger partial charge is 0.434 e. The van der Waals surface area contributed by atoms with E-state index in [1.54, 1.807) is 6.82 Å². The number of ketones is 1. The van der Waals surface area contributed by atoms with Gasteiger partial charge in [-0.3, -0.25) is 4.79 Å². The molecular formula is C4H8BO2. The standard InChI is InChI=1S/C4H8BO2/c1-4(6)3-7-5-2/h3H2,1-2H3. The van der Waals surface area contributed by atoms with Crippen molar-refractivity contribution < 1.29 is 9.45 Å². The van der Waals surface area contributed by atoms with Crippen LogP contribution in [0, 0.1) is 0 Å². The van der Waals surface area contributed by atoms with Crippen molar-refractivity contribution in [3.05, 3.63) is 0 Å². The summed E-state index contributed by atoms with van der Waals surface area (Å²) in [5, 5.41) is 0. The van der Waals surface area contributed by atoms with Gasteiger partial charge in [0.25, 0.3) is 7.48 Å². The second-order valence-electron chi connectivity index (χ2n) is 1.25. The first-order valence-corrected chi connectivity index (χ1v) is 2.16. The highest BCUT2D eigenvalue weighted by atomic mass is 16.4. The highest BCUT2D eigenvalue weighted by Crippen LogP contribution is 1.70. The van der Waals surface area contributed by atoms with E-state index in [1.165, 1.54) is 14.4 Å². The molecule has 0 saturated heterocycles. The van der Waals surface area contributed by atoms with Crippen molar-refractivity contribution in [2.24, 2.45) is 0 Å². The summed E-state index contributed by atoms with van der Waals surface area (Å²) < 4.78 is 4.62. The molecule has 0 N–H and O–H groups in total. The molecule has 0 unspecified atom stereocenters. The van der Waals surface area contributed by atoms with Gasteiger partial charge in [0.05, 0.1) is 6.61 Å². The van der Waals surface area contributed by atoms with Crippen LogP contribution in [0.25, 0.3) is 0 Å². The molecule has 1 radical (unpaired) electrons. The summed E-state index contributed by atoms with van der Waals surface area (Å²) >= 11 is 0. The molecule has 0 aliphatic heterocycles. The van der Waals surface area contributed by atoms with E-state index >= 15 is 0 Å². The summed E-state index contributed by atoms with van der Waals surface area (Å²) in [6.45, 7) is 3.43. The number of Topliss-reactive ketones (excluding diaryl/α,β-unsaturated/α-hetero) is 1. The molecule has 0 aliphatic carbocycles. The Morgan fingerprint density at radius 1 is 1.86 bits per heavy atom. The van der Waals surface area contributed by atoms with Gasteiger partial charge in [-0.2, -0.15) is 0 Å². The predicted octanol–water partition coefficient (Wildman–Crippen LogP) is 0.259. The van der Waals surface area contributed by atoms with E-state index in [1.807, 2.05) is 0 Å². The second-order valence-corrected chi connectivity index (χ2v) is 1.25. The summed E-state index contributed by atoms with van der Waals surface area (Å²) in [6.07, 6.45) is 0. The lowest BCUT2D eigenvalue weighted by molar-refractivity contribution is -0.118. The summed E-state index contributed by atoms with van der Waals surface area (Å²) in [5.41, 5.74) is 0. The Labute approximate surface area is 44.1 Å². The van der Waals surface area contributed by atoms with Crippen LogP contribution in [0.1, 0.15) is 6.92 Å². The minimum absolute atomic E-state index is 0.0538. The van der Waals surface area contributed by atoms with E-state index in [0.29, 0.717) is 0 Å². The topological polar surface area (TPSA) is 26.3 Å². The van der Waals surface area contributed by atoms with Crippen LogP contribution in [-0.4, -0.2) is 19.9 Å². The molecule has 0 spiro atoms. The molecule has 0 aliphatic rings. The summed E-state index contributed by atoms with van der Waals surface area (Å²) in [6, 6.07) is 0. The fourth-order valence-electron chi connectivity index (χ4n) is 0.201.